The largest absolute Gasteiger partial charge is 0.444 e. The van der Waals surface area contributed by atoms with E-state index in [1.54, 1.807) is 0 Å². The number of likely N-dealkylation sites (tertiary alicyclic amines) is 1. The lowest BCUT2D eigenvalue weighted by Crippen LogP contribution is -2.63. The van der Waals surface area contributed by atoms with Gasteiger partial charge in [-0.05, 0) is 46.0 Å². The summed E-state index contributed by atoms with van der Waals surface area (Å²) in [5.41, 5.74) is -0.633. The molecule has 5 heteroatoms. The van der Waals surface area contributed by atoms with Crippen molar-refractivity contribution in [1.29, 1.82) is 0 Å². The summed E-state index contributed by atoms with van der Waals surface area (Å²) < 4.78 is 11.7. The van der Waals surface area contributed by atoms with Crippen molar-refractivity contribution in [3.05, 3.63) is 0 Å². The molecule has 0 bridgehead atoms. The molecule has 0 aromatic rings. The Morgan fingerprint density at radius 2 is 2.14 bits per heavy atom. The molecule has 5 nitrogen and oxygen atoms in total. The Labute approximate surface area is 127 Å². The van der Waals surface area contributed by atoms with E-state index in [1.165, 1.54) is 19.3 Å². The molecular formula is C16H28N2O3. The zero-order chi connectivity index (χ0) is 15.1. The lowest BCUT2D eigenvalue weighted by molar-refractivity contribution is -0.110. The normalized spacial score (nSPS) is 34.0. The van der Waals surface area contributed by atoms with E-state index in [2.05, 4.69) is 5.32 Å². The van der Waals surface area contributed by atoms with Gasteiger partial charge in [-0.2, -0.15) is 0 Å². The Balaban J connectivity index is 1.67. The highest BCUT2D eigenvalue weighted by Gasteiger charge is 2.52. The van der Waals surface area contributed by atoms with Gasteiger partial charge in [-0.3, -0.25) is 0 Å². The van der Waals surface area contributed by atoms with Crippen LogP contribution in [0.15, 0.2) is 0 Å². The maximum Gasteiger partial charge on any atom is 0.410 e. The third-order valence-electron chi connectivity index (χ3n) is 4.96. The van der Waals surface area contributed by atoms with Crippen LogP contribution in [0, 0.1) is 5.92 Å². The quantitative estimate of drug-likeness (QED) is 0.805. The first-order valence-corrected chi connectivity index (χ1v) is 8.25. The van der Waals surface area contributed by atoms with Crippen molar-refractivity contribution in [2.75, 3.05) is 26.2 Å². The van der Waals surface area contributed by atoms with Crippen LogP contribution in [-0.2, 0) is 9.47 Å². The number of carbonyl (C=O) groups is 1. The molecule has 0 aromatic heterocycles. The fourth-order valence-corrected chi connectivity index (χ4v) is 3.77. The second kappa shape index (κ2) is 5.43. The van der Waals surface area contributed by atoms with Crippen LogP contribution in [0.1, 0.15) is 46.5 Å². The summed E-state index contributed by atoms with van der Waals surface area (Å²) in [7, 11) is 0. The van der Waals surface area contributed by atoms with Gasteiger partial charge in [0.25, 0.3) is 0 Å². The summed E-state index contributed by atoms with van der Waals surface area (Å²) in [4.78, 5) is 14.1. The van der Waals surface area contributed by atoms with Crippen LogP contribution in [0.3, 0.4) is 0 Å². The summed E-state index contributed by atoms with van der Waals surface area (Å²) >= 11 is 0. The van der Waals surface area contributed by atoms with Crippen molar-refractivity contribution < 1.29 is 14.3 Å². The van der Waals surface area contributed by atoms with Crippen LogP contribution in [-0.4, -0.2) is 54.5 Å². The van der Waals surface area contributed by atoms with Gasteiger partial charge >= 0.3 is 6.09 Å². The second-order valence-electron chi connectivity index (χ2n) is 7.69. The number of ether oxygens (including phenoxy) is 2. The zero-order valence-corrected chi connectivity index (χ0v) is 13.5. The topological polar surface area (TPSA) is 50.8 Å². The van der Waals surface area contributed by atoms with E-state index >= 15 is 0 Å². The maximum atomic E-state index is 12.3. The summed E-state index contributed by atoms with van der Waals surface area (Å²) in [5, 5.41) is 3.66. The molecule has 0 radical (unpaired) electrons. The van der Waals surface area contributed by atoms with Crippen molar-refractivity contribution in [3.8, 4) is 0 Å². The predicted octanol–water partition coefficient (Wildman–Crippen LogP) is 2.15. The van der Waals surface area contributed by atoms with Crippen LogP contribution in [0.5, 0.6) is 0 Å². The van der Waals surface area contributed by atoms with Crippen LogP contribution < -0.4 is 5.32 Å². The lowest BCUT2D eigenvalue weighted by Gasteiger charge is -2.48. The van der Waals surface area contributed by atoms with Gasteiger partial charge in [0.05, 0.1) is 13.2 Å². The minimum atomic E-state index is -0.439. The summed E-state index contributed by atoms with van der Waals surface area (Å²) in [5.74, 6) is 0.712. The molecule has 1 saturated carbocycles. The molecule has 3 fully saturated rings. The van der Waals surface area contributed by atoms with Gasteiger partial charge in [0.1, 0.15) is 11.2 Å². The average molecular weight is 296 g/mol. The highest BCUT2D eigenvalue weighted by Crippen LogP contribution is 2.41. The van der Waals surface area contributed by atoms with Gasteiger partial charge in [0.2, 0.25) is 0 Å². The van der Waals surface area contributed by atoms with Crippen LogP contribution in [0.25, 0.3) is 0 Å². The molecule has 1 spiro atoms. The highest BCUT2D eigenvalue weighted by molar-refractivity contribution is 5.68. The summed E-state index contributed by atoms with van der Waals surface area (Å²) in [6, 6.07) is 0.396. The Morgan fingerprint density at radius 1 is 1.38 bits per heavy atom. The van der Waals surface area contributed by atoms with E-state index in [0.29, 0.717) is 18.5 Å². The number of nitrogens with zero attached hydrogens (tertiary/aromatic N) is 1. The van der Waals surface area contributed by atoms with Crippen LogP contribution in [0.4, 0.5) is 4.79 Å². The van der Waals surface area contributed by atoms with Crippen molar-refractivity contribution in [2.45, 2.75) is 63.7 Å². The molecule has 2 aliphatic heterocycles. The minimum Gasteiger partial charge on any atom is -0.444 e. The number of morpholine rings is 1. The van der Waals surface area contributed by atoms with Crippen LogP contribution in [0.2, 0.25) is 0 Å². The standard InChI is InChI=1S/C16H28N2O3/c1-15(2,3)21-14(19)18-9-7-16(11-18)13(12-5-4-6-12)17-8-10-20-16/h12-13,17H,4-11H2,1-3H3. The molecule has 1 N–H and O–H groups in total. The number of carbonyl (C=O) groups excluding carboxylic acids is 1. The van der Waals surface area contributed by atoms with Gasteiger partial charge in [-0.1, -0.05) is 6.42 Å². The number of hydrogen-bond acceptors (Lipinski definition) is 4. The molecule has 1 amide bonds. The summed E-state index contributed by atoms with van der Waals surface area (Å²) in [6.45, 7) is 8.79. The van der Waals surface area contributed by atoms with Gasteiger partial charge in [-0.15, -0.1) is 0 Å². The van der Waals surface area contributed by atoms with Crippen LogP contribution >= 0.6 is 0 Å². The molecule has 3 aliphatic rings. The maximum absolute atomic E-state index is 12.3. The fraction of sp³-hybridized carbons (Fsp3) is 0.938. The second-order valence-corrected chi connectivity index (χ2v) is 7.69. The predicted molar refractivity (Wildman–Crippen MR) is 80.2 cm³/mol. The van der Waals surface area contributed by atoms with Gasteiger partial charge < -0.3 is 19.7 Å². The van der Waals surface area contributed by atoms with Crippen molar-refractivity contribution in [3.63, 3.8) is 0 Å². The summed E-state index contributed by atoms with van der Waals surface area (Å²) in [6.07, 6.45) is 4.61. The number of rotatable bonds is 1. The van der Waals surface area contributed by atoms with E-state index in [1.807, 2.05) is 25.7 Å². The highest BCUT2D eigenvalue weighted by atomic mass is 16.6. The van der Waals surface area contributed by atoms with Crippen molar-refractivity contribution >= 4 is 6.09 Å². The van der Waals surface area contributed by atoms with Gasteiger partial charge in [0, 0.05) is 19.1 Å². The van der Waals surface area contributed by atoms with Crippen molar-refractivity contribution in [2.24, 2.45) is 5.92 Å². The molecule has 2 heterocycles. The molecular weight excluding hydrogens is 268 g/mol. The van der Waals surface area contributed by atoms with E-state index in [0.717, 1.165) is 26.1 Å². The molecule has 21 heavy (non-hydrogen) atoms. The molecule has 3 rings (SSSR count). The van der Waals surface area contributed by atoms with Gasteiger partial charge in [0.15, 0.2) is 0 Å². The molecule has 2 atom stereocenters. The SMILES string of the molecule is CC(C)(C)OC(=O)N1CCC2(C1)OCCNC2C1CCC1. The third-order valence-corrected chi connectivity index (χ3v) is 4.96. The van der Waals surface area contributed by atoms with Gasteiger partial charge in [-0.25, -0.2) is 4.79 Å². The van der Waals surface area contributed by atoms with E-state index < -0.39 is 5.60 Å². The lowest BCUT2D eigenvalue weighted by atomic mass is 9.72. The zero-order valence-electron chi connectivity index (χ0n) is 13.5. The molecule has 2 saturated heterocycles. The van der Waals surface area contributed by atoms with E-state index in [-0.39, 0.29) is 11.7 Å². The average Bonchev–Trinajstić information content (AvgIpc) is 2.73. The number of amides is 1. The first-order chi connectivity index (χ1) is 9.90. The first-order valence-electron chi connectivity index (χ1n) is 8.25. The van der Waals surface area contributed by atoms with E-state index in [9.17, 15) is 4.79 Å². The number of hydrogen-bond donors (Lipinski definition) is 1. The monoisotopic (exact) mass is 296 g/mol. The first kappa shape index (κ1) is 15.1. The fourth-order valence-electron chi connectivity index (χ4n) is 3.77. The third kappa shape index (κ3) is 3.04. The van der Waals surface area contributed by atoms with E-state index in [4.69, 9.17) is 9.47 Å². The Morgan fingerprint density at radius 3 is 2.76 bits per heavy atom. The smallest absolute Gasteiger partial charge is 0.410 e. The minimum absolute atomic E-state index is 0.194. The molecule has 1 aliphatic carbocycles. The molecule has 2 unspecified atom stereocenters. The Hall–Kier alpha value is -0.810. The Bertz CT molecular complexity index is 403. The molecule has 120 valence electrons. The van der Waals surface area contributed by atoms with Crippen molar-refractivity contribution in [1.82, 2.24) is 10.2 Å². The number of nitrogens with one attached hydrogen (secondary N) is 1. The Kier molecular flexibility index (Phi) is 3.91. The molecule has 0 aromatic carbocycles.